The number of aliphatic hydroxyl groups excluding tert-OH is 2. The van der Waals surface area contributed by atoms with Crippen LogP contribution in [0.1, 0.15) is 37.5 Å². The lowest BCUT2D eigenvalue weighted by atomic mass is 9.87. The average Bonchev–Trinajstić information content (AvgIpc) is 2.81. The Morgan fingerprint density at radius 3 is 2.44 bits per heavy atom. The molecule has 4 nitrogen and oxygen atoms in total. The Kier molecular flexibility index (Phi) is 6.89. The number of benzene rings is 3. The minimum Gasteiger partial charge on any atom is -0.462 e. The van der Waals surface area contributed by atoms with E-state index in [0.29, 0.717) is 5.75 Å². The van der Waals surface area contributed by atoms with Crippen LogP contribution in [0.5, 0.6) is 5.75 Å². The summed E-state index contributed by atoms with van der Waals surface area (Å²) in [7, 11) is 0. The van der Waals surface area contributed by atoms with Crippen LogP contribution in [-0.2, 0) is 11.2 Å². The molecule has 0 aliphatic carbocycles. The Labute approximate surface area is 188 Å². The van der Waals surface area contributed by atoms with Crippen molar-refractivity contribution in [2.45, 2.75) is 51.3 Å². The van der Waals surface area contributed by atoms with Gasteiger partial charge in [-0.05, 0) is 52.9 Å². The van der Waals surface area contributed by atoms with Crippen LogP contribution in [0.4, 0.5) is 4.39 Å². The second-order valence-electron chi connectivity index (χ2n) is 8.37. The summed E-state index contributed by atoms with van der Waals surface area (Å²) >= 11 is 0. The molecule has 4 rings (SSSR count). The molecule has 0 radical (unpaired) electrons. The van der Waals surface area contributed by atoms with Crippen LogP contribution in [0.3, 0.4) is 0 Å². The zero-order valence-electron chi connectivity index (χ0n) is 18.3. The molecule has 0 unspecified atom stereocenters. The van der Waals surface area contributed by atoms with Gasteiger partial charge >= 0.3 is 0 Å². The Hall–Kier alpha value is -2.73. The van der Waals surface area contributed by atoms with Gasteiger partial charge in [-0.25, -0.2) is 4.39 Å². The molecule has 0 saturated carbocycles. The lowest BCUT2D eigenvalue weighted by molar-refractivity contribution is -0.258. The molecule has 32 heavy (non-hydrogen) atoms. The van der Waals surface area contributed by atoms with Gasteiger partial charge in [-0.2, -0.15) is 0 Å². The maximum atomic E-state index is 13.9. The van der Waals surface area contributed by atoms with E-state index in [4.69, 9.17) is 9.47 Å². The number of ether oxygens (including phenoxy) is 2. The van der Waals surface area contributed by atoms with E-state index in [1.807, 2.05) is 61.5 Å². The molecule has 1 aliphatic heterocycles. The van der Waals surface area contributed by atoms with Crippen molar-refractivity contribution in [1.29, 1.82) is 0 Å². The van der Waals surface area contributed by atoms with Gasteiger partial charge in [-0.15, -0.1) is 0 Å². The van der Waals surface area contributed by atoms with Crippen LogP contribution in [0, 0.1) is 11.7 Å². The zero-order chi connectivity index (χ0) is 22.7. The first kappa shape index (κ1) is 22.5. The Morgan fingerprint density at radius 2 is 1.72 bits per heavy atom. The molecule has 0 bridgehead atoms. The van der Waals surface area contributed by atoms with Gasteiger partial charge in [0.25, 0.3) is 0 Å². The van der Waals surface area contributed by atoms with Crippen molar-refractivity contribution in [3.63, 3.8) is 0 Å². The molecule has 3 aromatic carbocycles. The summed E-state index contributed by atoms with van der Waals surface area (Å²) in [5.74, 6) is -0.117. The Bertz CT molecular complexity index is 1040. The van der Waals surface area contributed by atoms with Gasteiger partial charge in [0.2, 0.25) is 6.29 Å². The van der Waals surface area contributed by atoms with Gasteiger partial charge in [0.1, 0.15) is 17.7 Å². The lowest BCUT2D eigenvalue weighted by Crippen LogP contribution is -2.52. The SMILES string of the molecule is CCCc1ccc(O[C@@H]2O[C@H](c3ccccc3)[C@H](C)[C@@H](O)[C@H]2O)cc1-c1cccc(F)c1. The third-order valence-electron chi connectivity index (χ3n) is 6.04. The highest BCUT2D eigenvalue weighted by atomic mass is 19.1. The molecule has 1 aliphatic rings. The smallest absolute Gasteiger partial charge is 0.229 e. The fourth-order valence-electron chi connectivity index (χ4n) is 4.30. The van der Waals surface area contributed by atoms with E-state index in [0.717, 1.165) is 35.1 Å². The highest BCUT2D eigenvalue weighted by Gasteiger charge is 2.44. The van der Waals surface area contributed by atoms with Crippen molar-refractivity contribution in [3.05, 3.63) is 89.7 Å². The van der Waals surface area contributed by atoms with E-state index in [9.17, 15) is 14.6 Å². The Balaban J connectivity index is 1.63. The number of aryl methyl sites for hydroxylation is 1. The van der Waals surface area contributed by atoms with Gasteiger partial charge in [-0.3, -0.25) is 0 Å². The van der Waals surface area contributed by atoms with Crippen molar-refractivity contribution in [1.82, 2.24) is 0 Å². The molecular formula is C27H29FO4. The maximum Gasteiger partial charge on any atom is 0.229 e. The van der Waals surface area contributed by atoms with Gasteiger partial charge in [0.15, 0.2) is 0 Å². The summed E-state index contributed by atoms with van der Waals surface area (Å²) in [4.78, 5) is 0. The van der Waals surface area contributed by atoms with Gasteiger partial charge in [-0.1, -0.05) is 68.8 Å². The lowest BCUT2D eigenvalue weighted by Gasteiger charge is -2.41. The first-order chi connectivity index (χ1) is 15.5. The van der Waals surface area contributed by atoms with Crippen LogP contribution < -0.4 is 4.74 Å². The monoisotopic (exact) mass is 436 g/mol. The van der Waals surface area contributed by atoms with Crippen LogP contribution in [0.25, 0.3) is 11.1 Å². The molecule has 1 heterocycles. The van der Waals surface area contributed by atoms with E-state index in [1.54, 1.807) is 6.07 Å². The molecule has 1 fully saturated rings. The van der Waals surface area contributed by atoms with Gasteiger partial charge in [0, 0.05) is 5.92 Å². The third kappa shape index (κ3) is 4.70. The highest BCUT2D eigenvalue weighted by molar-refractivity contribution is 5.69. The third-order valence-corrected chi connectivity index (χ3v) is 6.04. The molecule has 5 heteroatoms. The summed E-state index contributed by atoms with van der Waals surface area (Å²) in [6, 6.07) is 21.7. The fraction of sp³-hybridized carbons (Fsp3) is 0.333. The molecule has 0 amide bonds. The van der Waals surface area contributed by atoms with Crippen molar-refractivity contribution in [3.8, 4) is 16.9 Å². The van der Waals surface area contributed by atoms with E-state index in [-0.39, 0.29) is 11.7 Å². The fourth-order valence-corrected chi connectivity index (χ4v) is 4.30. The molecule has 0 spiro atoms. The van der Waals surface area contributed by atoms with E-state index < -0.39 is 24.6 Å². The Morgan fingerprint density at radius 1 is 0.938 bits per heavy atom. The van der Waals surface area contributed by atoms with Crippen molar-refractivity contribution >= 4 is 0 Å². The summed E-state index contributed by atoms with van der Waals surface area (Å²) < 4.78 is 26.0. The second-order valence-corrected chi connectivity index (χ2v) is 8.37. The van der Waals surface area contributed by atoms with E-state index in [1.165, 1.54) is 12.1 Å². The minimum atomic E-state index is -1.20. The first-order valence-electron chi connectivity index (χ1n) is 11.1. The summed E-state index contributed by atoms with van der Waals surface area (Å²) in [6.07, 6.45) is -1.85. The number of hydrogen-bond donors (Lipinski definition) is 2. The molecule has 1 saturated heterocycles. The molecule has 0 aromatic heterocycles. The summed E-state index contributed by atoms with van der Waals surface area (Å²) in [6.45, 7) is 3.95. The second kappa shape index (κ2) is 9.82. The van der Waals surface area contributed by atoms with Crippen molar-refractivity contribution in [2.24, 2.45) is 5.92 Å². The normalized spacial score (nSPS) is 25.5. The summed E-state index contributed by atoms with van der Waals surface area (Å²) in [5, 5.41) is 21.3. The van der Waals surface area contributed by atoms with Crippen molar-refractivity contribution < 1.29 is 24.1 Å². The standard InChI is InChI=1S/C27H29FO4/c1-3-8-18-13-14-22(16-23(18)20-11-7-12-21(28)15-20)31-27-25(30)24(29)17(2)26(32-27)19-9-5-4-6-10-19/h4-7,9-17,24-27,29-30H,3,8H2,1-2H3/t17-,24-,25-,26+,27-/m1/s1. The van der Waals surface area contributed by atoms with Gasteiger partial charge in [0.05, 0.1) is 12.2 Å². The van der Waals surface area contributed by atoms with Crippen LogP contribution >= 0.6 is 0 Å². The summed E-state index contributed by atoms with van der Waals surface area (Å²) in [5.41, 5.74) is 3.65. The molecule has 168 valence electrons. The molecule has 2 N–H and O–H groups in total. The molecule has 3 aromatic rings. The largest absolute Gasteiger partial charge is 0.462 e. The van der Waals surface area contributed by atoms with Crippen LogP contribution in [0.2, 0.25) is 0 Å². The highest BCUT2D eigenvalue weighted by Crippen LogP contribution is 2.38. The van der Waals surface area contributed by atoms with E-state index >= 15 is 0 Å². The quantitative estimate of drug-likeness (QED) is 0.552. The predicted molar refractivity (Wildman–Crippen MR) is 122 cm³/mol. The van der Waals surface area contributed by atoms with E-state index in [2.05, 4.69) is 6.92 Å². The van der Waals surface area contributed by atoms with Crippen LogP contribution in [0.15, 0.2) is 72.8 Å². The predicted octanol–water partition coefficient (Wildman–Crippen LogP) is 5.28. The number of rotatable bonds is 6. The maximum absolute atomic E-state index is 13.9. The molecule has 5 atom stereocenters. The van der Waals surface area contributed by atoms with Crippen molar-refractivity contribution in [2.75, 3.05) is 0 Å². The topological polar surface area (TPSA) is 58.9 Å². The number of halogens is 1. The average molecular weight is 437 g/mol. The zero-order valence-corrected chi connectivity index (χ0v) is 18.3. The number of hydrogen-bond acceptors (Lipinski definition) is 4. The van der Waals surface area contributed by atoms with Crippen LogP contribution in [-0.4, -0.2) is 28.7 Å². The number of aliphatic hydroxyl groups is 2. The first-order valence-corrected chi connectivity index (χ1v) is 11.1. The van der Waals surface area contributed by atoms with Gasteiger partial charge < -0.3 is 19.7 Å². The molecular weight excluding hydrogens is 407 g/mol. The minimum absolute atomic E-state index is 0.301.